The van der Waals surface area contributed by atoms with Crippen LogP contribution < -0.4 is 14.9 Å². The van der Waals surface area contributed by atoms with Gasteiger partial charge in [0.25, 0.3) is 0 Å². The number of anilines is 1. The molecule has 0 saturated heterocycles. The van der Waals surface area contributed by atoms with Gasteiger partial charge in [-0.25, -0.2) is 4.98 Å². The monoisotopic (exact) mass is 564 g/mol. The van der Waals surface area contributed by atoms with E-state index >= 15 is 0 Å². The number of nitrogens with one attached hydrogen (secondary N) is 1. The molecular formula is C26H18BrClN4O2S. The number of ether oxygens (including phenoxy) is 2. The van der Waals surface area contributed by atoms with Crippen LogP contribution in [0.2, 0.25) is 5.02 Å². The third-order valence-corrected chi connectivity index (χ3v) is 6.60. The van der Waals surface area contributed by atoms with E-state index in [2.05, 4.69) is 36.4 Å². The minimum absolute atomic E-state index is 0.583. The van der Waals surface area contributed by atoms with Crippen molar-refractivity contribution in [3.63, 3.8) is 0 Å². The van der Waals surface area contributed by atoms with Crippen molar-refractivity contribution in [2.24, 2.45) is 5.10 Å². The largest absolute Gasteiger partial charge is 0.493 e. The Labute approximate surface area is 219 Å². The first-order chi connectivity index (χ1) is 17.1. The Hall–Kier alpha value is -3.46. The number of hydrogen-bond donors (Lipinski definition) is 1. The first kappa shape index (κ1) is 23.3. The number of pyridine rings is 1. The molecule has 0 fully saturated rings. The molecule has 0 aliphatic rings. The zero-order chi connectivity index (χ0) is 24.2. The molecule has 5 aromatic rings. The highest BCUT2D eigenvalue weighted by atomic mass is 79.9. The number of aromatic nitrogens is 2. The van der Waals surface area contributed by atoms with E-state index in [1.165, 1.54) is 11.3 Å². The van der Waals surface area contributed by atoms with E-state index in [1.807, 2.05) is 66.0 Å². The minimum atomic E-state index is 0.583. The lowest BCUT2D eigenvalue weighted by atomic mass is 10.2. The minimum Gasteiger partial charge on any atom is -0.493 e. The Balaban J connectivity index is 1.30. The third-order valence-electron chi connectivity index (χ3n) is 5.09. The van der Waals surface area contributed by atoms with Crippen molar-refractivity contribution < 1.29 is 9.47 Å². The Morgan fingerprint density at radius 2 is 1.86 bits per heavy atom. The van der Waals surface area contributed by atoms with Crippen molar-refractivity contribution in [2.75, 3.05) is 12.5 Å². The highest BCUT2D eigenvalue weighted by Gasteiger charge is 2.10. The quantitative estimate of drug-likeness (QED) is 0.160. The van der Waals surface area contributed by atoms with Gasteiger partial charge in [0, 0.05) is 32.0 Å². The fourth-order valence-corrected chi connectivity index (χ4v) is 4.49. The molecule has 6 nitrogen and oxygen atoms in total. The molecule has 0 saturated carbocycles. The second kappa shape index (κ2) is 10.4. The summed E-state index contributed by atoms with van der Waals surface area (Å²) in [6.45, 7) is 0. The molecule has 5 rings (SSSR count). The van der Waals surface area contributed by atoms with Gasteiger partial charge in [-0.1, -0.05) is 39.7 Å². The summed E-state index contributed by atoms with van der Waals surface area (Å²) in [6.07, 6.45) is 3.39. The van der Waals surface area contributed by atoms with Crippen LogP contribution in [-0.4, -0.2) is 23.3 Å². The lowest BCUT2D eigenvalue weighted by Gasteiger charge is -2.12. The number of halogens is 2. The van der Waals surface area contributed by atoms with Gasteiger partial charge in [0.15, 0.2) is 11.5 Å². The van der Waals surface area contributed by atoms with Gasteiger partial charge in [-0.3, -0.25) is 10.4 Å². The molecule has 9 heteroatoms. The van der Waals surface area contributed by atoms with Crippen molar-refractivity contribution in [1.29, 1.82) is 0 Å². The van der Waals surface area contributed by atoms with E-state index in [0.29, 0.717) is 27.4 Å². The topological polar surface area (TPSA) is 68.6 Å². The molecule has 1 N–H and O–H groups in total. The standard InChI is InChI=1S/C26H18BrClN4O2S/c1-33-25-12-16(14-30-32-26-31-22(15-35-26)17-3-5-18(27)6-4-17)2-9-24(25)34-23-10-11-29-21-13-19(28)7-8-20(21)23/h2-15H,1H3,(H,31,32)/b30-14+. The van der Waals surface area contributed by atoms with Crippen LogP contribution in [0.5, 0.6) is 17.2 Å². The lowest BCUT2D eigenvalue weighted by Crippen LogP contribution is -1.95. The van der Waals surface area contributed by atoms with Crippen LogP contribution in [0.3, 0.4) is 0 Å². The van der Waals surface area contributed by atoms with E-state index in [1.54, 1.807) is 25.6 Å². The highest BCUT2D eigenvalue weighted by Crippen LogP contribution is 2.35. The van der Waals surface area contributed by atoms with Crippen LogP contribution in [0, 0.1) is 0 Å². The maximum absolute atomic E-state index is 6.15. The van der Waals surface area contributed by atoms with E-state index in [4.69, 9.17) is 21.1 Å². The van der Waals surface area contributed by atoms with Gasteiger partial charge >= 0.3 is 0 Å². The van der Waals surface area contributed by atoms with Crippen molar-refractivity contribution >= 4 is 61.1 Å². The van der Waals surface area contributed by atoms with Crippen molar-refractivity contribution in [2.45, 2.75) is 0 Å². The molecule has 0 amide bonds. The van der Waals surface area contributed by atoms with Gasteiger partial charge in [-0.05, 0) is 60.2 Å². The van der Waals surface area contributed by atoms with Crippen LogP contribution >= 0.6 is 38.9 Å². The fourth-order valence-electron chi connectivity index (χ4n) is 3.39. The van der Waals surface area contributed by atoms with Gasteiger partial charge in [-0.2, -0.15) is 5.10 Å². The summed E-state index contributed by atoms with van der Waals surface area (Å²) >= 11 is 11.0. The van der Waals surface area contributed by atoms with Crippen LogP contribution in [0.1, 0.15) is 5.56 Å². The molecule has 174 valence electrons. The summed E-state index contributed by atoms with van der Waals surface area (Å²) in [5, 5.41) is 8.50. The molecule has 0 atom stereocenters. The number of nitrogens with zero attached hydrogens (tertiary/aromatic N) is 3. The van der Waals surface area contributed by atoms with Gasteiger partial charge in [0.1, 0.15) is 5.75 Å². The number of hydrazone groups is 1. The predicted octanol–water partition coefficient (Wildman–Crippen LogP) is 8.02. The Kier molecular flexibility index (Phi) is 6.94. The number of rotatable bonds is 7. The van der Waals surface area contributed by atoms with Crippen LogP contribution in [0.4, 0.5) is 5.13 Å². The molecule has 35 heavy (non-hydrogen) atoms. The summed E-state index contributed by atoms with van der Waals surface area (Å²) in [5.74, 6) is 1.83. The smallest absolute Gasteiger partial charge is 0.203 e. The maximum Gasteiger partial charge on any atom is 0.203 e. The molecule has 0 unspecified atom stereocenters. The molecule has 0 aliphatic carbocycles. The normalized spacial score (nSPS) is 11.2. The van der Waals surface area contributed by atoms with Crippen LogP contribution in [0.25, 0.3) is 22.2 Å². The summed E-state index contributed by atoms with van der Waals surface area (Å²) in [7, 11) is 1.60. The number of methoxy groups -OCH3 is 1. The number of hydrogen-bond acceptors (Lipinski definition) is 7. The Bertz CT molecular complexity index is 1520. The second-order valence-electron chi connectivity index (χ2n) is 7.40. The van der Waals surface area contributed by atoms with Crippen LogP contribution in [0.15, 0.2) is 87.9 Å². The molecule has 0 spiro atoms. The van der Waals surface area contributed by atoms with E-state index in [9.17, 15) is 0 Å². The summed E-state index contributed by atoms with van der Waals surface area (Å²) in [6, 6.07) is 20.9. The number of fused-ring (bicyclic) bond motifs is 1. The summed E-state index contributed by atoms with van der Waals surface area (Å²) in [5.41, 5.74) is 6.54. The first-order valence-corrected chi connectivity index (χ1v) is 12.5. The Morgan fingerprint density at radius 3 is 2.69 bits per heavy atom. The second-order valence-corrected chi connectivity index (χ2v) is 9.61. The number of thiazole rings is 1. The molecule has 2 heterocycles. The zero-order valence-corrected chi connectivity index (χ0v) is 21.6. The van der Waals surface area contributed by atoms with E-state index in [-0.39, 0.29) is 0 Å². The van der Waals surface area contributed by atoms with Gasteiger partial charge < -0.3 is 9.47 Å². The summed E-state index contributed by atoms with van der Waals surface area (Å²) in [4.78, 5) is 8.94. The molecule has 0 radical (unpaired) electrons. The van der Waals surface area contributed by atoms with Gasteiger partial charge in [0.2, 0.25) is 5.13 Å². The molecule has 2 aromatic heterocycles. The zero-order valence-electron chi connectivity index (χ0n) is 18.4. The average Bonchev–Trinajstić information content (AvgIpc) is 3.34. The van der Waals surface area contributed by atoms with E-state index in [0.717, 1.165) is 32.2 Å². The van der Waals surface area contributed by atoms with Gasteiger partial charge in [0.05, 0.1) is 24.5 Å². The van der Waals surface area contributed by atoms with Crippen molar-refractivity contribution in [1.82, 2.24) is 9.97 Å². The molecule has 0 bridgehead atoms. The molecule has 3 aromatic carbocycles. The maximum atomic E-state index is 6.15. The highest BCUT2D eigenvalue weighted by molar-refractivity contribution is 9.10. The lowest BCUT2D eigenvalue weighted by molar-refractivity contribution is 0.380. The number of benzene rings is 3. The third kappa shape index (κ3) is 5.45. The average molecular weight is 566 g/mol. The van der Waals surface area contributed by atoms with Crippen LogP contribution in [-0.2, 0) is 0 Å². The first-order valence-electron chi connectivity index (χ1n) is 10.5. The van der Waals surface area contributed by atoms with Crippen molar-refractivity contribution in [3.05, 3.63) is 93.4 Å². The van der Waals surface area contributed by atoms with Gasteiger partial charge in [-0.15, -0.1) is 11.3 Å². The molecule has 0 aliphatic heterocycles. The van der Waals surface area contributed by atoms with E-state index < -0.39 is 0 Å². The predicted molar refractivity (Wildman–Crippen MR) is 146 cm³/mol. The van der Waals surface area contributed by atoms with Crippen molar-refractivity contribution in [3.8, 4) is 28.5 Å². The SMILES string of the molecule is COc1cc(/C=N/Nc2nc(-c3ccc(Br)cc3)cs2)ccc1Oc1ccnc2cc(Cl)ccc12. The fraction of sp³-hybridized carbons (Fsp3) is 0.0385. The Morgan fingerprint density at radius 1 is 1.00 bits per heavy atom. The molecular weight excluding hydrogens is 548 g/mol. The summed E-state index contributed by atoms with van der Waals surface area (Å²) < 4.78 is 12.7.